The number of carbonyl (C=O) groups excluding carboxylic acids is 3. The van der Waals surface area contributed by atoms with E-state index >= 15 is 0 Å². The molecular weight excluding hydrogens is 472 g/mol. The van der Waals surface area contributed by atoms with Crippen LogP contribution in [0.2, 0.25) is 0 Å². The molecule has 0 amide bonds. The quantitative estimate of drug-likeness (QED) is 0.357. The number of hydrogen-bond donors (Lipinski definition) is 1. The Morgan fingerprint density at radius 1 is 1.00 bits per heavy atom. The zero-order chi connectivity index (χ0) is 25.9. The Balaban J connectivity index is 1.47. The summed E-state index contributed by atoms with van der Waals surface area (Å²) in [6.45, 7) is 1.04. The predicted molar refractivity (Wildman–Crippen MR) is 136 cm³/mol. The van der Waals surface area contributed by atoms with Gasteiger partial charge in [0.15, 0.2) is 0 Å². The van der Waals surface area contributed by atoms with Gasteiger partial charge in [0.2, 0.25) is 11.6 Å². The summed E-state index contributed by atoms with van der Waals surface area (Å²) in [5.41, 5.74) is 3.06. The van der Waals surface area contributed by atoms with Gasteiger partial charge in [-0.1, -0.05) is 54.6 Å². The van der Waals surface area contributed by atoms with E-state index < -0.39 is 23.5 Å². The van der Waals surface area contributed by atoms with Gasteiger partial charge in [0.25, 0.3) is 0 Å². The Bertz CT molecular complexity index is 1420. The Labute approximate surface area is 214 Å². The van der Waals surface area contributed by atoms with E-state index in [1.165, 1.54) is 18.7 Å². The van der Waals surface area contributed by atoms with Crippen LogP contribution in [0.5, 0.6) is 11.5 Å². The number of benzene rings is 3. The van der Waals surface area contributed by atoms with Crippen LogP contribution in [0.3, 0.4) is 0 Å². The van der Waals surface area contributed by atoms with Crippen molar-refractivity contribution < 1.29 is 33.7 Å². The molecule has 0 spiro atoms. The molecule has 0 saturated heterocycles. The lowest BCUT2D eigenvalue weighted by Gasteiger charge is -2.26. The number of ketones is 2. The first-order valence-electron chi connectivity index (χ1n) is 12.1. The zero-order valence-electron chi connectivity index (χ0n) is 20.4. The summed E-state index contributed by atoms with van der Waals surface area (Å²) in [5.74, 6) is -2.03. The van der Waals surface area contributed by atoms with Gasteiger partial charge in [-0.25, -0.2) is 0 Å². The summed E-state index contributed by atoms with van der Waals surface area (Å²) in [5, 5.41) is 11.1. The molecule has 3 aromatic rings. The minimum atomic E-state index is -0.939. The molecule has 0 bridgehead atoms. The van der Waals surface area contributed by atoms with Crippen molar-refractivity contribution in [3.05, 3.63) is 100 Å². The normalized spacial score (nSPS) is 15.1. The number of hydrogen-bond acceptors (Lipinski definition) is 7. The number of rotatable bonds is 8. The number of methoxy groups -OCH3 is 1. The SMILES string of the molecule is COC(=O)CC(C1=C(O)c2ccccc2C(=O)C1=O)c1ccccc1OCCc1ccc2c(c1)CCO2. The van der Waals surface area contributed by atoms with E-state index in [0.29, 0.717) is 30.9 Å². The maximum absolute atomic E-state index is 13.2. The lowest BCUT2D eigenvalue weighted by Crippen LogP contribution is -2.28. The molecule has 1 N–H and O–H groups in total. The first-order chi connectivity index (χ1) is 18.0. The van der Waals surface area contributed by atoms with E-state index in [-0.39, 0.29) is 28.9 Å². The van der Waals surface area contributed by atoms with Gasteiger partial charge in [0, 0.05) is 35.4 Å². The fraction of sp³-hybridized carbons (Fsp3) is 0.233. The Kier molecular flexibility index (Phi) is 6.77. The molecule has 1 unspecified atom stereocenters. The van der Waals surface area contributed by atoms with Crippen molar-refractivity contribution in [3.63, 3.8) is 0 Å². The molecule has 7 nitrogen and oxygen atoms in total. The first-order valence-corrected chi connectivity index (χ1v) is 12.1. The molecule has 3 aromatic carbocycles. The van der Waals surface area contributed by atoms with Crippen molar-refractivity contribution in [2.75, 3.05) is 20.3 Å². The number of esters is 1. The van der Waals surface area contributed by atoms with E-state index in [0.717, 1.165) is 17.7 Å². The zero-order valence-corrected chi connectivity index (χ0v) is 20.4. The highest BCUT2D eigenvalue weighted by Crippen LogP contribution is 2.41. The molecule has 5 rings (SSSR count). The van der Waals surface area contributed by atoms with Crippen LogP contribution >= 0.6 is 0 Å². The van der Waals surface area contributed by atoms with Crippen molar-refractivity contribution in [2.24, 2.45) is 0 Å². The smallest absolute Gasteiger partial charge is 0.306 e. The van der Waals surface area contributed by atoms with E-state index in [2.05, 4.69) is 6.07 Å². The molecule has 1 heterocycles. The van der Waals surface area contributed by atoms with Crippen LogP contribution in [0.25, 0.3) is 5.76 Å². The second-order valence-corrected chi connectivity index (χ2v) is 8.98. The van der Waals surface area contributed by atoms with Gasteiger partial charge in [-0.15, -0.1) is 0 Å². The number of fused-ring (bicyclic) bond motifs is 2. The molecule has 188 valence electrons. The Morgan fingerprint density at radius 3 is 2.57 bits per heavy atom. The topological polar surface area (TPSA) is 99.1 Å². The van der Waals surface area contributed by atoms with Crippen LogP contribution in [0, 0.1) is 0 Å². The number of para-hydroxylation sites is 1. The van der Waals surface area contributed by atoms with Gasteiger partial charge >= 0.3 is 5.97 Å². The fourth-order valence-corrected chi connectivity index (χ4v) is 4.90. The third-order valence-electron chi connectivity index (χ3n) is 6.78. The van der Waals surface area contributed by atoms with E-state index in [4.69, 9.17) is 14.2 Å². The number of aliphatic hydroxyl groups is 1. The highest BCUT2D eigenvalue weighted by molar-refractivity contribution is 6.52. The predicted octanol–water partition coefficient (Wildman–Crippen LogP) is 4.62. The lowest BCUT2D eigenvalue weighted by molar-refractivity contribution is -0.140. The van der Waals surface area contributed by atoms with Crippen LogP contribution < -0.4 is 9.47 Å². The number of Topliss-reactive ketones (excluding diaryl/α,β-unsaturated/α-hetero) is 2. The summed E-state index contributed by atoms with van der Waals surface area (Å²) >= 11 is 0. The van der Waals surface area contributed by atoms with Crippen LogP contribution in [0.15, 0.2) is 72.3 Å². The Hall–Kier alpha value is -4.39. The molecule has 0 radical (unpaired) electrons. The Morgan fingerprint density at radius 2 is 1.76 bits per heavy atom. The van der Waals surface area contributed by atoms with Gasteiger partial charge in [-0.2, -0.15) is 0 Å². The molecule has 0 aromatic heterocycles. The molecule has 0 saturated carbocycles. The molecule has 2 aliphatic rings. The van der Waals surface area contributed by atoms with Gasteiger partial charge < -0.3 is 19.3 Å². The van der Waals surface area contributed by atoms with Gasteiger partial charge in [-0.3, -0.25) is 14.4 Å². The lowest BCUT2D eigenvalue weighted by atomic mass is 9.78. The molecule has 7 heteroatoms. The standard InChI is InChI=1S/C30H26O7/c1-35-26(31)17-23(27-28(32)21-7-2-3-8-22(21)29(33)30(27)34)20-6-4-5-9-25(20)37-14-12-18-10-11-24-19(16-18)13-15-36-24/h2-11,16,23,32H,12-15,17H2,1H3. The highest BCUT2D eigenvalue weighted by atomic mass is 16.5. The molecule has 0 fully saturated rings. The van der Waals surface area contributed by atoms with Gasteiger partial charge in [-0.05, 0) is 23.3 Å². The maximum atomic E-state index is 13.2. The van der Waals surface area contributed by atoms with Crippen LogP contribution in [-0.4, -0.2) is 43.0 Å². The second kappa shape index (κ2) is 10.3. The van der Waals surface area contributed by atoms with E-state index in [1.54, 1.807) is 42.5 Å². The van der Waals surface area contributed by atoms with Gasteiger partial charge in [0.05, 0.1) is 32.3 Å². The largest absolute Gasteiger partial charge is 0.507 e. The van der Waals surface area contributed by atoms with Crippen molar-refractivity contribution >= 4 is 23.3 Å². The summed E-state index contributed by atoms with van der Waals surface area (Å²) in [7, 11) is 1.25. The molecule has 1 aliphatic carbocycles. The summed E-state index contributed by atoms with van der Waals surface area (Å²) in [4.78, 5) is 38.5. The van der Waals surface area contributed by atoms with E-state index in [1.807, 2.05) is 12.1 Å². The summed E-state index contributed by atoms with van der Waals surface area (Å²) in [6.07, 6.45) is 1.28. The van der Waals surface area contributed by atoms with Crippen molar-refractivity contribution in [1.82, 2.24) is 0 Å². The van der Waals surface area contributed by atoms with Crippen LogP contribution in [-0.2, 0) is 27.2 Å². The van der Waals surface area contributed by atoms with Crippen molar-refractivity contribution in [1.29, 1.82) is 0 Å². The third kappa shape index (κ3) is 4.72. The number of ether oxygens (including phenoxy) is 3. The molecular formula is C30H26O7. The minimum absolute atomic E-state index is 0.134. The average molecular weight is 499 g/mol. The molecule has 1 atom stereocenters. The highest BCUT2D eigenvalue weighted by Gasteiger charge is 2.39. The van der Waals surface area contributed by atoms with Crippen LogP contribution in [0.4, 0.5) is 0 Å². The third-order valence-corrected chi connectivity index (χ3v) is 6.78. The molecule has 37 heavy (non-hydrogen) atoms. The first kappa shape index (κ1) is 24.3. The minimum Gasteiger partial charge on any atom is -0.507 e. The van der Waals surface area contributed by atoms with Crippen molar-refractivity contribution in [3.8, 4) is 11.5 Å². The second-order valence-electron chi connectivity index (χ2n) is 8.98. The number of aliphatic hydroxyl groups excluding tert-OH is 1. The monoisotopic (exact) mass is 498 g/mol. The van der Waals surface area contributed by atoms with E-state index in [9.17, 15) is 19.5 Å². The summed E-state index contributed by atoms with van der Waals surface area (Å²) < 4.78 is 16.6. The fourth-order valence-electron chi connectivity index (χ4n) is 4.90. The maximum Gasteiger partial charge on any atom is 0.306 e. The van der Waals surface area contributed by atoms with Crippen molar-refractivity contribution in [2.45, 2.75) is 25.2 Å². The van der Waals surface area contributed by atoms with Gasteiger partial charge in [0.1, 0.15) is 17.3 Å². The summed E-state index contributed by atoms with van der Waals surface area (Å²) in [6, 6.07) is 19.5. The average Bonchev–Trinajstić information content (AvgIpc) is 3.39. The number of allylic oxidation sites excluding steroid dienone is 1. The van der Waals surface area contributed by atoms with Crippen LogP contribution in [0.1, 0.15) is 45.0 Å². The molecule has 1 aliphatic heterocycles. The number of carbonyl (C=O) groups is 3.